The first-order valence-corrected chi connectivity index (χ1v) is 8.58. The number of aromatic nitrogens is 3. The molecule has 0 atom stereocenters. The number of hydrogen-bond donors (Lipinski definition) is 2. The van der Waals surface area contributed by atoms with Crippen LogP contribution in [0.4, 0.5) is 5.95 Å². The highest BCUT2D eigenvalue weighted by atomic mass is 16.1. The third kappa shape index (κ3) is 5.37. The highest BCUT2D eigenvalue weighted by Crippen LogP contribution is 2.05. The third-order valence-corrected chi connectivity index (χ3v) is 3.88. The van der Waals surface area contributed by atoms with Gasteiger partial charge < -0.3 is 10.6 Å². The molecule has 6 heteroatoms. The zero-order valence-electron chi connectivity index (χ0n) is 14.4. The number of amides is 1. The fraction of sp³-hybridized carbons (Fsp3) is 0.200. The summed E-state index contributed by atoms with van der Waals surface area (Å²) in [5.74, 6) is 0.334. The average Bonchev–Trinajstić information content (AvgIpc) is 2.71. The highest BCUT2D eigenvalue weighted by Gasteiger charge is 2.06. The van der Waals surface area contributed by atoms with Gasteiger partial charge in [-0.05, 0) is 36.1 Å². The molecule has 2 aromatic heterocycles. The van der Waals surface area contributed by atoms with Gasteiger partial charge in [-0.3, -0.25) is 9.78 Å². The summed E-state index contributed by atoms with van der Waals surface area (Å²) in [6, 6.07) is 14.1. The fourth-order valence-electron chi connectivity index (χ4n) is 2.46. The molecule has 2 N–H and O–H groups in total. The van der Waals surface area contributed by atoms with Crippen molar-refractivity contribution in [2.45, 2.75) is 19.4 Å². The zero-order chi connectivity index (χ0) is 18.0. The first-order valence-electron chi connectivity index (χ1n) is 8.58. The Labute approximate surface area is 152 Å². The van der Waals surface area contributed by atoms with E-state index < -0.39 is 0 Å². The van der Waals surface area contributed by atoms with Crippen molar-refractivity contribution in [3.63, 3.8) is 0 Å². The maximum atomic E-state index is 12.1. The van der Waals surface area contributed by atoms with Crippen LogP contribution >= 0.6 is 0 Å². The average molecular weight is 347 g/mol. The van der Waals surface area contributed by atoms with Crippen LogP contribution in [0.5, 0.6) is 0 Å². The Bertz CT molecular complexity index is 807. The number of anilines is 1. The third-order valence-electron chi connectivity index (χ3n) is 3.88. The summed E-state index contributed by atoms with van der Waals surface area (Å²) in [4.78, 5) is 24.5. The van der Waals surface area contributed by atoms with Crippen molar-refractivity contribution in [1.29, 1.82) is 0 Å². The topological polar surface area (TPSA) is 79.8 Å². The summed E-state index contributed by atoms with van der Waals surface area (Å²) >= 11 is 0. The minimum atomic E-state index is -0.154. The molecule has 1 amide bonds. The second kappa shape index (κ2) is 9.27. The van der Waals surface area contributed by atoms with E-state index in [1.165, 1.54) is 18.0 Å². The van der Waals surface area contributed by atoms with Crippen LogP contribution in [0.1, 0.15) is 27.9 Å². The maximum Gasteiger partial charge on any atom is 0.254 e. The van der Waals surface area contributed by atoms with Gasteiger partial charge in [0, 0.05) is 37.9 Å². The molecular formula is C20H21N5O. The van der Waals surface area contributed by atoms with Gasteiger partial charge in [-0.2, -0.15) is 0 Å². The summed E-state index contributed by atoms with van der Waals surface area (Å²) in [5.41, 5.74) is 2.82. The van der Waals surface area contributed by atoms with Gasteiger partial charge in [0.25, 0.3) is 5.91 Å². The van der Waals surface area contributed by atoms with Gasteiger partial charge >= 0.3 is 0 Å². The molecule has 0 aliphatic rings. The molecule has 2 heterocycles. The van der Waals surface area contributed by atoms with Crippen LogP contribution < -0.4 is 10.6 Å². The van der Waals surface area contributed by atoms with Gasteiger partial charge in [0.2, 0.25) is 5.95 Å². The summed E-state index contributed by atoms with van der Waals surface area (Å²) in [6.07, 6.45) is 8.38. The van der Waals surface area contributed by atoms with Gasteiger partial charge in [-0.15, -0.1) is 0 Å². The van der Waals surface area contributed by atoms with Crippen molar-refractivity contribution >= 4 is 11.9 Å². The molecule has 6 nitrogen and oxygen atoms in total. The quantitative estimate of drug-likeness (QED) is 0.613. The molecule has 3 aromatic rings. The summed E-state index contributed by atoms with van der Waals surface area (Å²) in [7, 11) is 0. The fourth-order valence-corrected chi connectivity index (χ4v) is 2.46. The van der Waals surface area contributed by atoms with E-state index in [2.05, 4.69) is 37.7 Å². The molecule has 0 aliphatic heterocycles. The Hall–Kier alpha value is -3.28. The minimum Gasteiger partial charge on any atom is -0.352 e. The predicted octanol–water partition coefficient (Wildman–Crippen LogP) is 2.85. The Kier molecular flexibility index (Phi) is 6.25. The van der Waals surface area contributed by atoms with E-state index in [-0.39, 0.29) is 5.91 Å². The second-order valence-corrected chi connectivity index (χ2v) is 5.85. The van der Waals surface area contributed by atoms with Crippen molar-refractivity contribution in [2.24, 2.45) is 0 Å². The van der Waals surface area contributed by atoms with Crippen molar-refractivity contribution < 1.29 is 4.79 Å². The maximum absolute atomic E-state index is 12.1. The number of carbonyl (C=O) groups is 1. The van der Waals surface area contributed by atoms with Gasteiger partial charge in [-0.1, -0.05) is 30.3 Å². The van der Waals surface area contributed by atoms with Crippen LogP contribution in [-0.4, -0.2) is 27.4 Å². The van der Waals surface area contributed by atoms with Crippen LogP contribution in [0.25, 0.3) is 0 Å². The van der Waals surface area contributed by atoms with Gasteiger partial charge in [-0.25, -0.2) is 9.97 Å². The van der Waals surface area contributed by atoms with E-state index in [1.54, 1.807) is 12.4 Å². The molecule has 0 spiro atoms. The van der Waals surface area contributed by atoms with E-state index in [1.807, 2.05) is 30.3 Å². The van der Waals surface area contributed by atoms with Crippen LogP contribution in [-0.2, 0) is 13.0 Å². The molecule has 0 saturated heterocycles. The molecule has 1 aromatic carbocycles. The van der Waals surface area contributed by atoms with Crippen molar-refractivity contribution in [2.75, 3.05) is 11.9 Å². The predicted molar refractivity (Wildman–Crippen MR) is 101 cm³/mol. The van der Waals surface area contributed by atoms with E-state index >= 15 is 0 Å². The lowest BCUT2D eigenvalue weighted by Crippen LogP contribution is -2.25. The van der Waals surface area contributed by atoms with E-state index in [9.17, 15) is 4.79 Å². The lowest BCUT2D eigenvalue weighted by Gasteiger charge is -2.07. The molecule has 26 heavy (non-hydrogen) atoms. The van der Waals surface area contributed by atoms with Crippen LogP contribution in [0.15, 0.2) is 67.3 Å². The lowest BCUT2D eigenvalue weighted by atomic mass is 10.1. The Morgan fingerprint density at radius 2 is 1.65 bits per heavy atom. The molecule has 0 fully saturated rings. The lowest BCUT2D eigenvalue weighted by molar-refractivity contribution is 0.0952. The van der Waals surface area contributed by atoms with E-state index in [4.69, 9.17) is 0 Å². The van der Waals surface area contributed by atoms with Crippen LogP contribution in [0.2, 0.25) is 0 Å². The number of aryl methyl sites for hydroxylation is 1. The summed E-state index contributed by atoms with van der Waals surface area (Å²) in [6.45, 7) is 1.23. The number of benzene rings is 1. The van der Waals surface area contributed by atoms with Crippen molar-refractivity contribution in [3.05, 3.63) is 83.9 Å². The minimum absolute atomic E-state index is 0.154. The second-order valence-electron chi connectivity index (χ2n) is 5.85. The van der Waals surface area contributed by atoms with Crippen molar-refractivity contribution in [1.82, 2.24) is 20.3 Å². The number of hydrogen-bond acceptors (Lipinski definition) is 5. The zero-order valence-corrected chi connectivity index (χ0v) is 14.4. The van der Waals surface area contributed by atoms with Gasteiger partial charge in [0.05, 0.1) is 5.56 Å². The molecular weight excluding hydrogens is 326 g/mol. The van der Waals surface area contributed by atoms with E-state index in [0.717, 1.165) is 18.4 Å². The molecule has 132 valence electrons. The summed E-state index contributed by atoms with van der Waals surface area (Å²) < 4.78 is 0. The van der Waals surface area contributed by atoms with Gasteiger partial charge in [0.15, 0.2) is 0 Å². The molecule has 0 radical (unpaired) electrons. The normalized spacial score (nSPS) is 10.3. The van der Waals surface area contributed by atoms with Crippen LogP contribution in [0, 0.1) is 0 Å². The van der Waals surface area contributed by atoms with E-state index in [0.29, 0.717) is 24.6 Å². The number of nitrogens with zero attached hydrogens (tertiary/aromatic N) is 3. The number of pyridine rings is 1. The Balaban J connectivity index is 1.41. The molecule has 3 rings (SSSR count). The monoisotopic (exact) mass is 347 g/mol. The molecule has 0 unspecified atom stereocenters. The molecule has 0 aliphatic carbocycles. The smallest absolute Gasteiger partial charge is 0.254 e. The molecule has 0 saturated carbocycles. The first-order chi connectivity index (χ1) is 12.8. The standard InChI is InChI=1S/C20H21N5O/c26-19(22-10-4-7-16-5-2-1-3-6-16)18-14-24-20(25-15-18)23-13-17-8-11-21-12-9-17/h1-3,5-6,8-9,11-12,14-15H,4,7,10,13H2,(H,22,26)(H,23,24,25). The first kappa shape index (κ1) is 17.5. The SMILES string of the molecule is O=C(NCCCc1ccccc1)c1cnc(NCc2ccncc2)nc1. The Morgan fingerprint density at radius 1 is 0.923 bits per heavy atom. The van der Waals surface area contributed by atoms with Crippen molar-refractivity contribution in [3.8, 4) is 0 Å². The highest BCUT2D eigenvalue weighted by molar-refractivity contribution is 5.93. The Morgan fingerprint density at radius 3 is 2.38 bits per heavy atom. The largest absolute Gasteiger partial charge is 0.352 e. The number of nitrogens with one attached hydrogen (secondary N) is 2. The number of rotatable bonds is 8. The summed E-state index contributed by atoms with van der Waals surface area (Å²) in [5, 5.41) is 6.02. The van der Waals surface area contributed by atoms with Gasteiger partial charge in [0.1, 0.15) is 0 Å². The number of carbonyl (C=O) groups excluding carboxylic acids is 1. The van der Waals surface area contributed by atoms with Crippen LogP contribution in [0.3, 0.4) is 0 Å². The molecule has 0 bridgehead atoms.